The zero-order valence-corrected chi connectivity index (χ0v) is 8.56. The third-order valence-electron chi connectivity index (χ3n) is 1.37. The Labute approximate surface area is 83.3 Å². The maximum atomic E-state index is 4.92. The first-order chi connectivity index (χ1) is 5.86. The predicted octanol–water partition coefficient (Wildman–Crippen LogP) is 0.400. The van der Waals surface area contributed by atoms with E-state index in [1.165, 1.54) is 0 Å². The number of nitrogens with zero attached hydrogens (tertiary/aromatic N) is 2. The largest absolute Gasteiger partial charge is 0.384 e. The summed E-state index contributed by atoms with van der Waals surface area (Å²) in [4.78, 5) is 4.12. The fourth-order valence-corrected chi connectivity index (χ4v) is 0.808. The first-order valence-electron chi connectivity index (χ1n) is 3.82. The number of methoxy groups -OCH3 is 1. The lowest BCUT2D eigenvalue weighted by atomic mass is 10.4. The van der Waals surface area contributed by atoms with Gasteiger partial charge in [-0.3, -0.25) is 0 Å². The van der Waals surface area contributed by atoms with Crippen LogP contribution < -0.4 is 5.32 Å². The highest BCUT2D eigenvalue weighted by Crippen LogP contribution is 1.97. The monoisotopic (exact) mass is 207 g/mol. The molecule has 1 rings (SSSR count). The van der Waals surface area contributed by atoms with Gasteiger partial charge in [-0.15, -0.1) is 12.4 Å². The van der Waals surface area contributed by atoms with E-state index in [0.717, 1.165) is 0 Å². The molecule has 0 aliphatic carbocycles. The van der Waals surface area contributed by atoms with Crippen molar-refractivity contribution in [3.63, 3.8) is 0 Å². The summed E-state index contributed by atoms with van der Waals surface area (Å²) in [5.41, 5.74) is 0. The molecule has 1 N–H and O–H groups in total. The molecule has 0 unspecified atom stereocenters. The summed E-state index contributed by atoms with van der Waals surface area (Å²) in [6.45, 7) is 1.23. The minimum Gasteiger partial charge on any atom is -0.384 e. The number of ether oxygens (including phenoxy) is 1. The molecule has 5 nitrogen and oxygen atoms in total. The third kappa shape index (κ3) is 4.21. The Morgan fingerprint density at radius 3 is 2.92 bits per heavy atom. The maximum Gasteiger partial charge on any atom is 0.240 e. The van der Waals surface area contributed by atoms with E-state index in [-0.39, 0.29) is 12.4 Å². The van der Waals surface area contributed by atoms with E-state index < -0.39 is 0 Å². The van der Waals surface area contributed by atoms with Crippen molar-refractivity contribution >= 4 is 12.4 Å². The van der Waals surface area contributed by atoms with Gasteiger partial charge in [0.1, 0.15) is 0 Å². The topological polar surface area (TPSA) is 60.2 Å². The molecule has 0 aromatic carbocycles. The Balaban J connectivity index is 0.00000144. The van der Waals surface area contributed by atoms with Crippen LogP contribution in [-0.2, 0) is 17.7 Å². The van der Waals surface area contributed by atoms with Crippen LogP contribution >= 0.6 is 12.4 Å². The molecule has 0 spiro atoms. The molecule has 0 saturated carbocycles. The number of hydrogen-bond donors (Lipinski definition) is 1. The average Bonchev–Trinajstić information content (AvgIpc) is 2.50. The average molecular weight is 208 g/mol. The maximum absolute atomic E-state index is 4.92. The van der Waals surface area contributed by atoms with E-state index in [9.17, 15) is 0 Å². The molecular formula is C7H14ClN3O2. The molecule has 0 amide bonds. The summed E-state index contributed by atoms with van der Waals surface area (Å²) in [6, 6.07) is 0. The van der Waals surface area contributed by atoms with E-state index in [2.05, 4.69) is 15.5 Å². The van der Waals surface area contributed by atoms with Gasteiger partial charge in [0.15, 0.2) is 5.82 Å². The molecule has 0 bridgehead atoms. The Hall–Kier alpha value is -0.650. The van der Waals surface area contributed by atoms with Crippen LogP contribution in [0.15, 0.2) is 4.52 Å². The normalized spacial score (nSPS) is 9.69. The van der Waals surface area contributed by atoms with Crippen LogP contribution in [0.25, 0.3) is 0 Å². The lowest BCUT2D eigenvalue weighted by Gasteiger charge is -1.90. The third-order valence-corrected chi connectivity index (χ3v) is 1.37. The summed E-state index contributed by atoms with van der Waals surface area (Å²) in [5.74, 6) is 1.31. The zero-order chi connectivity index (χ0) is 8.81. The van der Waals surface area contributed by atoms with Crippen molar-refractivity contribution in [1.82, 2.24) is 15.5 Å². The van der Waals surface area contributed by atoms with Crippen molar-refractivity contribution in [3.05, 3.63) is 11.7 Å². The van der Waals surface area contributed by atoms with Crippen molar-refractivity contribution in [2.75, 3.05) is 20.8 Å². The smallest absolute Gasteiger partial charge is 0.240 e. The molecule has 76 valence electrons. The highest BCUT2D eigenvalue weighted by Gasteiger charge is 2.03. The van der Waals surface area contributed by atoms with E-state index in [0.29, 0.717) is 31.3 Å². The van der Waals surface area contributed by atoms with Crippen LogP contribution in [0.4, 0.5) is 0 Å². The number of halogens is 1. The van der Waals surface area contributed by atoms with E-state index >= 15 is 0 Å². The van der Waals surface area contributed by atoms with Crippen molar-refractivity contribution < 1.29 is 9.26 Å². The van der Waals surface area contributed by atoms with Crippen molar-refractivity contribution in [1.29, 1.82) is 0 Å². The summed E-state index contributed by atoms with van der Waals surface area (Å²) in [6.07, 6.45) is 0.698. The summed E-state index contributed by atoms with van der Waals surface area (Å²) in [7, 11) is 3.48. The van der Waals surface area contributed by atoms with Gasteiger partial charge in [0.2, 0.25) is 5.89 Å². The molecule has 6 heteroatoms. The molecule has 1 aromatic rings. The lowest BCUT2D eigenvalue weighted by molar-refractivity contribution is 0.199. The predicted molar refractivity (Wildman–Crippen MR) is 49.9 cm³/mol. The molecule has 0 aliphatic rings. The summed E-state index contributed by atoms with van der Waals surface area (Å²) in [5, 5.41) is 6.69. The first-order valence-corrected chi connectivity index (χ1v) is 3.82. The second-order valence-corrected chi connectivity index (χ2v) is 2.38. The minimum atomic E-state index is 0. The number of hydrogen-bond acceptors (Lipinski definition) is 5. The van der Waals surface area contributed by atoms with Crippen LogP contribution in [0.1, 0.15) is 11.7 Å². The highest BCUT2D eigenvalue weighted by molar-refractivity contribution is 5.85. The van der Waals surface area contributed by atoms with Gasteiger partial charge in [-0.25, -0.2) is 0 Å². The zero-order valence-electron chi connectivity index (χ0n) is 7.74. The van der Waals surface area contributed by atoms with Crippen LogP contribution in [-0.4, -0.2) is 30.9 Å². The fourth-order valence-electron chi connectivity index (χ4n) is 0.808. The molecule has 1 heterocycles. The number of nitrogens with one attached hydrogen (secondary N) is 1. The van der Waals surface area contributed by atoms with Gasteiger partial charge in [-0.1, -0.05) is 5.16 Å². The van der Waals surface area contributed by atoms with Gasteiger partial charge < -0.3 is 14.6 Å². The van der Waals surface area contributed by atoms with Crippen LogP contribution in [0.3, 0.4) is 0 Å². The SMILES string of the molecule is CNCc1nc(CCOC)no1.Cl. The second-order valence-electron chi connectivity index (χ2n) is 2.38. The Morgan fingerprint density at radius 1 is 1.54 bits per heavy atom. The van der Waals surface area contributed by atoms with Crippen LogP contribution in [0.5, 0.6) is 0 Å². The Bertz CT molecular complexity index is 229. The van der Waals surface area contributed by atoms with E-state index in [1.54, 1.807) is 7.11 Å². The van der Waals surface area contributed by atoms with Crippen LogP contribution in [0.2, 0.25) is 0 Å². The highest BCUT2D eigenvalue weighted by atomic mass is 35.5. The molecule has 13 heavy (non-hydrogen) atoms. The summed E-state index contributed by atoms with van der Waals surface area (Å²) >= 11 is 0. The Kier molecular flexibility index (Phi) is 6.48. The fraction of sp³-hybridized carbons (Fsp3) is 0.714. The molecule has 0 radical (unpaired) electrons. The van der Waals surface area contributed by atoms with Gasteiger partial charge in [0, 0.05) is 13.5 Å². The molecule has 0 fully saturated rings. The van der Waals surface area contributed by atoms with E-state index in [4.69, 9.17) is 9.26 Å². The number of rotatable bonds is 5. The molecule has 0 saturated heterocycles. The molecule has 0 aliphatic heterocycles. The first kappa shape index (κ1) is 12.3. The van der Waals surface area contributed by atoms with Crippen molar-refractivity contribution in [3.8, 4) is 0 Å². The Morgan fingerprint density at radius 2 is 2.31 bits per heavy atom. The second kappa shape index (κ2) is 6.82. The van der Waals surface area contributed by atoms with Crippen LogP contribution in [0, 0.1) is 0 Å². The number of aromatic nitrogens is 2. The van der Waals surface area contributed by atoms with Crippen molar-refractivity contribution in [2.24, 2.45) is 0 Å². The van der Waals surface area contributed by atoms with Gasteiger partial charge in [-0.2, -0.15) is 4.98 Å². The molecule has 0 atom stereocenters. The standard InChI is InChI=1S/C7H13N3O2.ClH/c1-8-5-7-9-6(10-12-7)3-4-11-2;/h8H,3-5H2,1-2H3;1H. The molecular weight excluding hydrogens is 194 g/mol. The van der Waals surface area contributed by atoms with E-state index in [1.807, 2.05) is 7.05 Å². The van der Waals surface area contributed by atoms with Crippen molar-refractivity contribution in [2.45, 2.75) is 13.0 Å². The van der Waals surface area contributed by atoms with Gasteiger partial charge >= 0.3 is 0 Å². The minimum absolute atomic E-state index is 0. The molecule has 1 aromatic heterocycles. The van der Waals surface area contributed by atoms with Gasteiger partial charge in [-0.05, 0) is 7.05 Å². The van der Waals surface area contributed by atoms with Gasteiger partial charge in [0.05, 0.1) is 13.2 Å². The quantitative estimate of drug-likeness (QED) is 0.758. The van der Waals surface area contributed by atoms with Gasteiger partial charge in [0.25, 0.3) is 0 Å². The summed E-state index contributed by atoms with van der Waals surface area (Å²) < 4.78 is 9.80. The lowest BCUT2D eigenvalue weighted by Crippen LogP contribution is -2.05.